The van der Waals surface area contributed by atoms with Crippen LogP contribution >= 0.6 is 0 Å². The Morgan fingerprint density at radius 2 is 2.14 bits per heavy atom. The minimum atomic E-state index is -1.10. The molecular weight excluding hydrogens is 277 g/mol. The lowest BCUT2D eigenvalue weighted by Crippen LogP contribution is -2.42. The second-order valence-electron chi connectivity index (χ2n) is 5.34. The van der Waals surface area contributed by atoms with Gasteiger partial charge in [0.25, 0.3) is 0 Å². The lowest BCUT2D eigenvalue weighted by atomic mass is 9.77. The Bertz CT molecular complexity index is 549. The van der Waals surface area contributed by atoms with Crippen molar-refractivity contribution in [1.82, 2.24) is 0 Å². The molecule has 21 heavy (non-hydrogen) atoms. The van der Waals surface area contributed by atoms with Crippen LogP contribution in [0.25, 0.3) is 0 Å². The summed E-state index contributed by atoms with van der Waals surface area (Å²) in [4.78, 5) is 22.5. The van der Waals surface area contributed by atoms with Gasteiger partial charge >= 0.3 is 5.97 Å². The van der Waals surface area contributed by atoms with E-state index in [0.717, 1.165) is 25.3 Å². The number of methoxy groups -OCH3 is 1. The fourth-order valence-corrected chi connectivity index (χ4v) is 2.45. The van der Waals surface area contributed by atoms with Crippen LogP contribution in [0.15, 0.2) is 18.2 Å². The van der Waals surface area contributed by atoms with Gasteiger partial charge in [0.05, 0.1) is 18.4 Å². The normalized spacial score (nSPS) is 16.1. The highest BCUT2D eigenvalue weighted by Crippen LogP contribution is 2.38. The van der Waals surface area contributed by atoms with Crippen LogP contribution in [0, 0.1) is 5.82 Å². The number of rotatable bonds is 6. The van der Waals surface area contributed by atoms with E-state index in [1.807, 2.05) is 0 Å². The first-order valence-electron chi connectivity index (χ1n) is 6.79. The summed E-state index contributed by atoms with van der Waals surface area (Å²) in [5, 5.41) is 11.3. The second kappa shape index (κ2) is 6.22. The first-order chi connectivity index (χ1) is 9.94. The van der Waals surface area contributed by atoms with Gasteiger partial charge in [-0.25, -0.2) is 4.39 Å². The van der Waals surface area contributed by atoms with Crippen molar-refractivity contribution in [2.24, 2.45) is 0 Å². The fraction of sp³-hybridized carbons (Fsp3) is 0.467. The first-order valence-corrected chi connectivity index (χ1v) is 6.79. The van der Waals surface area contributed by atoms with Crippen molar-refractivity contribution in [3.8, 4) is 0 Å². The smallest absolute Gasteiger partial charge is 0.307 e. The molecule has 1 aliphatic rings. The topological polar surface area (TPSA) is 75.6 Å². The number of anilines is 1. The quantitative estimate of drug-likeness (QED) is 0.844. The van der Waals surface area contributed by atoms with Crippen molar-refractivity contribution in [3.05, 3.63) is 29.6 Å². The van der Waals surface area contributed by atoms with Crippen molar-refractivity contribution >= 4 is 17.6 Å². The van der Waals surface area contributed by atoms with Crippen LogP contribution in [0.1, 0.15) is 31.2 Å². The number of carboxylic acid groups (broad SMARTS) is 1. The lowest BCUT2D eigenvalue weighted by molar-refractivity contribution is -0.136. The number of ether oxygens (including phenoxy) is 1. The van der Waals surface area contributed by atoms with Crippen LogP contribution in [0.3, 0.4) is 0 Å². The summed E-state index contributed by atoms with van der Waals surface area (Å²) >= 11 is 0. The first kappa shape index (κ1) is 15.4. The van der Waals surface area contributed by atoms with Gasteiger partial charge in [0.1, 0.15) is 5.82 Å². The molecule has 0 aliphatic heterocycles. The maximum absolute atomic E-state index is 13.7. The molecule has 2 N–H and O–H groups in total. The third-order valence-electron chi connectivity index (χ3n) is 3.86. The van der Waals surface area contributed by atoms with Gasteiger partial charge in [-0.3, -0.25) is 9.59 Å². The number of hydrogen-bond donors (Lipinski definition) is 2. The molecule has 0 atom stereocenters. The van der Waals surface area contributed by atoms with Crippen LogP contribution in [0.2, 0.25) is 0 Å². The highest BCUT2D eigenvalue weighted by molar-refractivity contribution is 5.91. The van der Waals surface area contributed by atoms with Crippen molar-refractivity contribution < 1.29 is 23.8 Å². The highest BCUT2D eigenvalue weighted by atomic mass is 19.1. The Balaban J connectivity index is 1.98. The molecule has 1 aromatic carbocycles. The lowest BCUT2D eigenvalue weighted by Gasteiger charge is -2.39. The summed E-state index contributed by atoms with van der Waals surface area (Å²) < 4.78 is 19.1. The van der Waals surface area contributed by atoms with Crippen molar-refractivity contribution in [1.29, 1.82) is 0 Å². The van der Waals surface area contributed by atoms with E-state index in [1.54, 1.807) is 7.11 Å². The Kier molecular flexibility index (Phi) is 4.57. The van der Waals surface area contributed by atoms with Crippen LogP contribution in [0.4, 0.5) is 10.1 Å². The zero-order valence-electron chi connectivity index (χ0n) is 11.8. The van der Waals surface area contributed by atoms with E-state index in [2.05, 4.69) is 5.32 Å². The number of carbonyl (C=O) groups excluding carboxylic acids is 1. The van der Waals surface area contributed by atoms with Crippen LogP contribution in [-0.4, -0.2) is 29.7 Å². The zero-order chi connectivity index (χ0) is 15.5. The van der Waals surface area contributed by atoms with Crippen molar-refractivity contribution in [3.63, 3.8) is 0 Å². The largest absolute Gasteiger partial charge is 0.481 e. The average Bonchev–Trinajstić information content (AvgIpc) is 2.37. The number of benzene rings is 1. The molecule has 5 nitrogen and oxygen atoms in total. The maximum atomic E-state index is 13.7. The number of carbonyl (C=O) groups is 2. The molecule has 0 unspecified atom stereocenters. The van der Waals surface area contributed by atoms with Gasteiger partial charge in [0.2, 0.25) is 5.91 Å². The van der Waals surface area contributed by atoms with Crippen LogP contribution in [0.5, 0.6) is 0 Å². The number of hydrogen-bond acceptors (Lipinski definition) is 3. The van der Waals surface area contributed by atoms with E-state index in [0.29, 0.717) is 5.69 Å². The van der Waals surface area contributed by atoms with Gasteiger partial charge in [-0.15, -0.1) is 0 Å². The van der Waals surface area contributed by atoms with E-state index in [-0.39, 0.29) is 29.9 Å². The number of carboxylic acids is 1. The van der Waals surface area contributed by atoms with Crippen LogP contribution in [-0.2, 0) is 20.7 Å². The Morgan fingerprint density at radius 3 is 2.62 bits per heavy atom. The minimum Gasteiger partial charge on any atom is -0.481 e. The molecule has 1 fully saturated rings. The van der Waals surface area contributed by atoms with Gasteiger partial charge in [-0.2, -0.15) is 0 Å². The van der Waals surface area contributed by atoms with E-state index >= 15 is 0 Å². The summed E-state index contributed by atoms with van der Waals surface area (Å²) in [6.45, 7) is 0. The van der Waals surface area contributed by atoms with E-state index in [9.17, 15) is 14.0 Å². The van der Waals surface area contributed by atoms with E-state index in [1.165, 1.54) is 12.1 Å². The Hall–Kier alpha value is -1.95. The summed E-state index contributed by atoms with van der Waals surface area (Å²) in [7, 11) is 1.59. The fourth-order valence-electron chi connectivity index (χ4n) is 2.45. The Labute approximate surface area is 122 Å². The highest BCUT2D eigenvalue weighted by Gasteiger charge is 2.38. The number of nitrogens with one attached hydrogen (secondary N) is 1. The van der Waals surface area contributed by atoms with Crippen molar-refractivity contribution in [2.45, 2.75) is 37.7 Å². The van der Waals surface area contributed by atoms with E-state index < -0.39 is 11.8 Å². The number of amides is 1. The van der Waals surface area contributed by atoms with Crippen molar-refractivity contribution in [2.75, 3.05) is 12.4 Å². The van der Waals surface area contributed by atoms with Gasteiger partial charge in [-0.1, -0.05) is 6.07 Å². The molecule has 0 aromatic heterocycles. The SMILES string of the molecule is COC1(CC(=O)Nc2ccc(CC(=O)O)c(F)c2)CCC1. The third kappa shape index (κ3) is 3.78. The van der Waals surface area contributed by atoms with E-state index in [4.69, 9.17) is 9.84 Å². The molecule has 1 amide bonds. The summed E-state index contributed by atoms with van der Waals surface area (Å²) in [5.74, 6) is -1.97. The molecule has 1 aliphatic carbocycles. The summed E-state index contributed by atoms with van der Waals surface area (Å²) in [5.41, 5.74) is 0.0244. The summed E-state index contributed by atoms with van der Waals surface area (Å²) in [6, 6.07) is 4.00. The molecule has 1 aromatic rings. The standard InChI is InChI=1S/C15H18FNO4/c1-21-15(5-2-6-15)9-13(18)17-11-4-3-10(7-14(19)20)12(16)8-11/h3-4,8H,2,5-7,9H2,1H3,(H,17,18)(H,19,20). The van der Waals surface area contributed by atoms with Gasteiger partial charge < -0.3 is 15.2 Å². The Morgan fingerprint density at radius 1 is 1.43 bits per heavy atom. The predicted octanol–water partition coefficient (Wildman–Crippen LogP) is 2.35. The van der Waals surface area contributed by atoms with Gasteiger partial charge in [-0.05, 0) is 37.0 Å². The molecule has 0 heterocycles. The van der Waals surface area contributed by atoms with Gasteiger partial charge in [0.15, 0.2) is 0 Å². The predicted molar refractivity (Wildman–Crippen MR) is 74.6 cm³/mol. The third-order valence-corrected chi connectivity index (χ3v) is 3.86. The van der Waals surface area contributed by atoms with Crippen LogP contribution < -0.4 is 5.32 Å². The molecule has 0 radical (unpaired) electrons. The molecule has 0 bridgehead atoms. The molecule has 2 rings (SSSR count). The molecule has 114 valence electrons. The molecule has 1 saturated carbocycles. The number of aliphatic carboxylic acids is 1. The molecule has 6 heteroatoms. The second-order valence-corrected chi connectivity index (χ2v) is 5.34. The maximum Gasteiger partial charge on any atom is 0.307 e. The summed E-state index contributed by atoms with van der Waals surface area (Å²) in [6.07, 6.45) is 2.60. The molecule has 0 spiro atoms. The average molecular weight is 295 g/mol. The molecular formula is C15H18FNO4. The minimum absolute atomic E-state index is 0.0906. The molecule has 0 saturated heterocycles. The zero-order valence-corrected chi connectivity index (χ0v) is 11.8. The van der Waals surface area contributed by atoms with Gasteiger partial charge in [0, 0.05) is 12.8 Å². The number of halogens is 1. The monoisotopic (exact) mass is 295 g/mol.